The molecule has 0 bridgehead atoms. The van der Waals surface area contributed by atoms with Crippen molar-refractivity contribution in [3.8, 4) is 5.75 Å². The number of rotatable bonds is 9. The van der Waals surface area contributed by atoms with Crippen molar-refractivity contribution in [1.82, 2.24) is 15.5 Å². The van der Waals surface area contributed by atoms with E-state index in [1.54, 1.807) is 26.0 Å². The second kappa shape index (κ2) is 9.68. The van der Waals surface area contributed by atoms with Crippen molar-refractivity contribution in [2.24, 2.45) is 5.11 Å². The first-order valence-electron chi connectivity index (χ1n) is 7.59. The minimum absolute atomic E-state index is 0.0308. The van der Waals surface area contributed by atoms with Crippen LogP contribution < -0.4 is 15.5 Å². The molecule has 0 radical (unpaired) electrons. The fourth-order valence-corrected chi connectivity index (χ4v) is 2.04. The summed E-state index contributed by atoms with van der Waals surface area (Å²) < 4.78 is 0. The molecule has 0 aliphatic heterocycles. The quantitative estimate of drug-likeness (QED) is 0.205. The van der Waals surface area contributed by atoms with Crippen LogP contribution in [0.25, 0.3) is 0 Å². The molecule has 0 aliphatic carbocycles. The number of phenols is 1. The number of carbonyl (C=O) groups is 1. The van der Waals surface area contributed by atoms with Gasteiger partial charge in [-0.15, -0.1) is 0 Å². The number of aromatic hydroxyl groups is 1. The summed E-state index contributed by atoms with van der Waals surface area (Å²) in [5.41, 5.74) is 7.92. The molecule has 5 N–H and O–H groups in total. The van der Waals surface area contributed by atoms with E-state index in [4.69, 9.17) is 5.53 Å². The van der Waals surface area contributed by atoms with Gasteiger partial charge in [0.05, 0.1) is 0 Å². The minimum Gasteiger partial charge on any atom is -0.507 e. The van der Waals surface area contributed by atoms with E-state index in [0.717, 1.165) is 12.8 Å². The average Bonchev–Trinajstić information content (AvgIpc) is 2.54. The van der Waals surface area contributed by atoms with Crippen LogP contribution in [0.3, 0.4) is 0 Å². The Balaban J connectivity index is 2.46. The Labute approximate surface area is 135 Å². The molecule has 0 heterocycles. The molecule has 0 aromatic heterocycles. The Kier molecular flexibility index (Phi) is 7.90. The summed E-state index contributed by atoms with van der Waals surface area (Å²) in [5.74, 6) is -0.0339. The highest BCUT2D eigenvalue weighted by molar-refractivity contribution is 5.75. The van der Waals surface area contributed by atoms with Gasteiger partial charge in [-0.25, -0.2) is 0 Å². The van der Waals surface area contributed by atoms with Crippen LogP contribution in [0.5, 0.6) is 5.75 Å². The van der Waals surface area contributed by atoms with Crippen molar-refractivity contribution >= 4 is 11.6 Å². The maximum absolute atomic E-state index is 11.1. The number of nitrogens with zero attached hydrogens (tertiary/aromatic N) is 2. The predicted octanol–water partition coefficient (Wildman–Crippen LogP) is 1.77. The number of nitrogens with one attached hydrogen (secondary N) is 3. The average molecular weight is 322 g/mol. The van der Waals surface area contributed by atoms with Crippen LogP contribution >= 0.6 is 0 Å². The zero-order valence-corrected chi connectivity index (χ0v) is 13.5. The van der Waals surface area contributed by atoms with Crippen molar-refractivity contribution in [2.75, 3.05) is 13.1 Å². The van der Waals surface area contributed by atoms with Crippen molar-refractivity contribution in [1.29, 1.82) is 5.53 Å². The van der Waals surface area contributed by atoms with Crippen LogP contribution in [-0.4, -0.2) is 29.2 Å². The van der Waals surface area contributed by atoms with Crippen LogP contribution in [0, 0.1) is 12.5 Å². The van der Waals surface area contributed by atoms with Crippen LogP contribution in [0.2, 0.25) is 0 Å². The molecule has 0 fully saturated rings. The molecule has 1 atom stereocenters. The number of carbonyl (C=O) groups excluding carboxylic acids is 1. The summed E-state index contributed by atoms with van der Waals surface area (Å²) in [5, 5.41) is 29.5. The first-order chi connectivity index (χ1) is 11.0. The number of hydrogen-bond acceptors (Lipinski definition) is 6. The van der Waals surface area contributed by atoms with Gasteiger partial charge in [-0.1, -0.05) is 6.92 Å². The standard InChI is InChI=1S/C15H23N5O3/c1-3-13(21)17-8-4-5-9-18-15(23)11-6-7-12(19-20-16)10(2)14(11)22/h6-7,15-16,18,23H,3-5,8-9H2,1-2H3,(H-,17,21,22)/p+1. The lowest BCUT2D eigenvalue weighted by atomic mass is 10.1. The number of aliphatic hydroxyl groups is 1. The van der Waals surface area contributed by atoms with Gasteiger partial charge in [0.2, 0.25) is 10.8 Å². The summed E-state index contributed by atoms with van der Waals surface area (Å²) in [7, 11) is 0. The molecule has 126 valence electrons. The predicted molar refractivity (Wildman–Crippen MR) is 85.3 cm³/mol. The molecule has 1 unspecified atom stereocenters. The molecule has 0 saturated heterocycles. The largest absolute Gasteiger partial charge is 0.507 e. The Hall–Kier alpha value is -2.28. The maximum atomic E-state index is 11.1. The van der Waals surface area contributed by atoms with Crippen molar-refractivity contribution in [3.05, 3.63) is 23.3 Å². The van der Waals surface area contributed by atoms with E-state index in [1.807, 2.05) is 0 Å². The van der Waals surface area contributed by atoms with E-state index in [-0.39, 0.29) is 11.7 Å². The maximum Gasteiger partial charge on any atom is 0.220 e. The summed E-state index contributed by atoms with van der Waals surface area (Å²) in [6, 6.07) is 3.14. The Morgan fingerprint density at radius 2 is 2.09 bits per heavy atom. The van der Waals surface area contributed by atoms with E-state index in [0.29, 0.717) is 36.3 Å². The van der Waals surface area contributed by atoms with Crippen molar-refractivity contribution < 1.29 is 15.0 Å². The Morgan fingerprint density at radius 3 is 2.74 bits per heavy atom. The topological polar surface area (TPSA) is 132 Å². The summed E-state index contributed by atoms with van der Waals surface area (Å²) >= 11 is 0. The number of aliphatic hydroxyl groups excluding tert-OH is 1. The first-order valence-corrected chi connectivity index (χ1v) is 7.59. The smallest absolute Gasteiger partial charge is 0.220 e. The number of unbranched alkanes of at least 4 members (excludes halogenated alkanes) is 1. The van der Waals surface area contributed by atoms with Gasteiger partial charge in [0.15, 0.2) is 10.8 Å². The number of benzene rings is 1. The van der Waals surface area contributed by atoms with E-state index < -0.39 is 6.23 Å². The van der Waals surface area contributed by atoms with Gasteiger partial charge < -0.3 is 15.5 Å². The zero-order valence-electron chi connectivity index (χ0n) is 13.5. The molecule has 1 aromatic carbocycles. The third-order valence-electron chi connectivity index (χ3n) is 3.47. The lowest BCUT2D eigenvalue weighted by Gasteiger charge is -2.15. The Bertz CT molecular complexity index is 585. The van der Waals surface area contributed by atoms with Gasteiger partial charge in [0.25, 0.3) is 0 Å². The van der Waals surface area contributed by atoms with Gasteiger partial charge in [-0.3, -0.25) is 10.1 Å². The lowest BCUT2D eigenvalue weighted by Crippen LogP contribution is -2.25. The highest BCUT2D eigenvalue weighted by Gasteiger charge is 2.16. The van der Waals surface area contributed by atoms with Crippen LogP contribution in [0.15, 0.2) is 17.2 Å². The van der Waals surface area contributed by atoms with Crippen LogP contribution in [0.1, 0.15) is 43.5 Å². The van der Waals surface area contributed by atoms with E-state index in [2.05, 4.69) is 20.7 Å². The van der Waals surface area contributed by atoms with Crippen LogP contribution in [-0.2, 0) is 4.79 Å². The van der Waals surface area contributed by atoms with Gasteiger partial charge in [-0.05, 0) is 38.4 Å². The normalized spacial score (nSPS) is 11.6. The molecule has 1 amide bonds. The zero-order chi connectivity index (χ0) is 17.2. The molecule has 1 rings (SSSR count). The highest BCUT2D eigenvalue weighted by atomic mass is 16.3. The highest BCUT2D eigenvalue weighted by Crippen LogP contribution is 2.33. The van der Waals surface area contributed by atoms with E-state index in [9.17, 15) is 15.0 Å². The molecular formula is C15H24N5O3+. The molecular weight excluding hydrogens is 298 g/mol. The van der Waals surface area contributed by atoms with Gasteiger partial charge >= 0.3 is 0 Å². The van der Waals surface area contributed by atoms with Crippen molar-refractivity contribution in [2.45, 2.75) is 39.3 Å². The van der Waals surface area contributed by atoms with Gasteiger partial charge in [0, 0.05) is 24.1 Å². The number of phenolic OH excluding ortho intramolecular Hbond substituents is 1. The second-order valence-corrected chi connectivity index (χ2v) is 5.11. The summed E-state index contributed by atoms with van der Waals surface area (Å²) in [4.78, 5) is 14.0. The third-order valence-corrected chi connectivity index (χ3v) is 3.47. The fraction of sp³-hybridized carbons (Fsp3) is 0.533. The summed E-state index contributed by atoms with van der Waals surface area (Å²) in [6.07, 6.45) is 1.07. The first kappa shape index (κ1) is 18.8. The van der Waals surface area contributed by atoms with E-state index in [1.165, 1.54) is 0 Å². The number of hydrogen-bond donors (Lipinski definition) is 5. The number of amides is 1. The van der Waals surface area contributed by atoms with Gasteiger partial charge in [-0.2, -0.15) is 0 Å². The molecule has 23 heavy (non-hydrogen) atoms. The van der Waals surface area contributed by atoms with Crippen molar-refractivity contribution in [3.63, 3.8) is 0 Å². The molecule has 0 saturated carbocycles. The molecule has 0 spiro atoms. The minimum atomic E-state index is -0.999. The molecule has 1 aromatic rings. The SMILES string of the molecule is CCC(=O)NCCCCNC(O)c1ccc(N=[N+]=N)c(C)c1O. The molecule has 8 nitrogen and oxygen atoms in total. The lowest BCUT2D eigenvalue weighted by molar-refractivity contribution is -0.120. The molecule has 0 aliphatic rings. The molecule has 8 heteroatoms. The fourth-order valence-electron chi connectivity index (χ4n) is 2.04. The second-order valence-electron chi connectivity index (χ2n) is 5.11. The van der Waals surface area contributed by atoms with Gasteiger partial charge in [0.1, 0.15) is 17.5 Å². The van der Waals surface area contributed by atoms with E-state index >= 15 is 0 Å². The summed E-state index contributed by atoms with van der Waals surface area (Å²) in [6.45, 7) is 4.61. The van der Waals surface area contributed by atoms with Crippen LogP contribution in [0.4, 0.5) is 5.69 Å². The monoisotopic (exact) mass is 322 g/mol. The Morgan fingerprint density at radius 1 is 1.39 bits per heavy atom. The third kappa shape index (κ3) is 5.78.